The first-order valence-corrected chi connectivity index (χ1v) is 7.37. The molecular formula is C12H18BrNS. The molecule has 0 aliphatic heterocycles. The summed E-state index contributed by atoms with van der Waals surface area (Å²) in [5.74, 6) is 1.00. The molecule has 1 aromatic rings. The van der Waals surface area contributed by atoms with Crippen LogP contribution >= 0.6 is 27.3 Å². The van der Waals surface area contributed by atoms with E-state index in [-0.39, 0.29) is 0 Å². The van der Waals surface area contributed by atoms with Crippen LogP contribution < -0.4 is 5.32 Å². The molecule has 1 atom stereocenters. The van der Waals surface area contributed by atoms with Crippen molar-refractivity contribution < 1.29 is 0 Å². The van der Waals surface area contributed by atoms with Crippen molar-refractivity contribution >= 4 is 27.3 Å². The van der Waals surface area contributed by atoms with Gasteiger partial charge in [0.05, 0.1) is 3.79 Å². The first-order chi connectivity index (χ1) is 7.24. The second-order valence-electron chi connectivity index (χ2n) is 4.57. The van der Waals surface area contributed by atoms with E-state index in [2.05, 4.69) is 39.6 Å². The molecule has 1 fully saturated rings. The van der Waals surface area contributed by atoms with Crippen molar-refractivity contribution in [3.05, 3.63) is 20.8 Å². The summed E-state index contributed by atoms with van der Waals surface area (Å²) < 4.78 is 1.23. The number of thiophene rings is 1. The Balaban J connectivity index is 1.68. The molecule has 0 aromatic carbocycles. The fourth-order valence-electron chi connectivity index (χ4n) is 2.04. The van der Waals surface area contributed by atoms with Gasteiger partial charge in [-0.2, -0.15) is 0 Å². The first kappa shape index (κ1) is 11.6. The molecule has 84 valence electrons. The average molecular weight is 288 g/mol. The summed E-state index contributed by atoms with van der Waals surface area (Å²) in [7, 11) is 0. The fourth-order valence-corrected chi connectivity index (χ4v) is 3.25. The van der Waals surface area contributed by atoms with Gasteiger partial charge in [0.15, 0.2) is 0 Å². The lowest BCUT2D eigenvalue weighted by atomic mass is 9.81. The van der Waals surface area contributed by atoms with Gasteiger partial charge in [-0.25, -0.2) is 0 Å². The summed E-state index contributed by atoms with van der Waals surface area (Å²) in [6.45, 7) is 3.32. The molecule has 3 heteroatoms. The topological polar surface area (TPSA) is 12.0 Å². The van der Waals surface area contributed by atoms with Gasteiger partial charge in [-0.3, -0.25) is 0 Å². The number of hydrogen-bond acceptors (Lipinski definition) is 2. The van der Waals surface area contributed by atoms with E-state index in [0.29, 0.717) is 6.04 Å². The van der Waals surface area contributed by atoms with Gasteiger partial charge in [0.2, 0.25) is 0 Å². The van der Waals surface area contributed by atoms with Gasteiger partial charge in [0.25, 0.3) is 0 Å². The second-order valence-corrected chi connectivity index (χ2v) is 6.86. The van der Waals surface area contributed by atoms with E-state index in [1.165, 1.54) is 35.0 Å². The predicted octanol–water partition coefficient (Wildman–Crippen LogP) is 4.18. The molecule has 2 rings (SSSR count). The summed E-state index contributed by atoms with van der Waals surface area (Å²) in [6, 6.07) is 2.86. The molecule has 0 bridgehead atoms. The Hall–Kier alpha value is 0.140. The molecular weight excluding hydrogens is 270 g/mol. The molecule has 0 saturated heterocycles. The Morgan fingerprint density at radius 2 is 2.40 bits per heavy atom. The second kappa shape index (κ2) is 5.46. The van der Waals surface area contributed by atoms with Crippen LogP contribution in [0.1, 0.15) is 38.2 Å². The highest BCUT2D eigenvalue weighted by Gasteiger charge is 2.19. The van der Waals surface area contributed by atoms with E-state index < -0.39 is 0 Å². The molecule has 1 aliphatic rings. The van der Waals surface area contributed by atoms with Crippen molar-refractivity contribution in [3.63, 3.8) is 0 Å². The van der Waals surface area contributed by atoms with Gasteiger partial charge in [0, 0.05) is 12.6 Å². The van der Waals surface area contributed by atoms with Crippen molar-refractivity contribution in [2.75, 3.05) is 0 Å². The third kappa shape index (κ3) is 3.58. The normalized spacial score (nSPS) is 18.8. The third-order valence-corrected chi connectivity index (χ3v) is 4.74. The van der Waals surface area contributed by atoms with Crippen molar-refractivity contribution in [3.8, 4) is 0 Å². The van der Waals surface area contributed by atoms with Gasteiger partial charge in [-0.05, 0) is 52.2 Å². The van der Waals surface area contributed by atoms with Gasteiger partial charge in [-0.1, -0.05) is 19.3 Å². The molecule has 1 aliphatic carbocycles. The molecule has 0 amide bonds. The van der Waals surface area contributed by atoms with Gasteiger partial charge in [-0.15, -0.1) is 11.3 Å². The summed E-state index contributed by atoms with van der Waals surface area (Å²) in [6.07, 6.45) is 5.71. The summed E-state index contributed by atoms with van der Waals surface area (Å²) in [5, 5.41) is 5.81. The van der Waals surface area contributed by atoms with Gasteiger partial charge in [0.1, 0.15) is 0 Å². The number of halogens is 1. The molecule has 1 nitrogen and oxygen atoms in total. The third-order valence-electron chi connectivity index (χ3n) is 3.19. The summed E-state index contributed by atoms with van der Waals surface area (Å²) in [4.78, 5) is 0. The molecule has 0 radical (unpaired) electrons. The summed E-state index contributed by atoms with van der Waals surface area (Å²) in [5.41, 5.74) is 1.40. The number of nitrogens with one attached hydrogen (secondary N) is 1. The zero-order chi connectivity index (χ0) is 10.7. The van der Waals surface area contributed by atoms with E-state index in [1.54, 1.807) is 11.3 Å². The maximum atomic E-state index is 3.60. The predicted molar refractivity (Wildman–Crippen MR) is 70.3 cm³/mol. The number of hydrogen-bond donors (Lipinski definition) is 1. The van der Waals surface area contributed by atoms with Crippen LogP contribution in [0.15, 0.2) is 15.2 Å². The minimum atomic E-state index is 0.661. The van der Waals surface area contributed by atoms with Crippen LogP contribution in [0, 0.1) is 5.92 Å². The minimum Gasteiger partial charge on any atom is -0.310 e. The van der Waals surface area contributed by atoms with Crippen LogP contribution in [0.25, 0.3) is 0 Å². The van der Waals surface area contributed by atoms with E-state index in [9.17, 15) is 0 Å². The van der Waals surface area contributed by atoms with Crippen LogP contribution in [0.2, 0.25) is 0 Å². The highest BCUT2D eigenvalue weighted by molar-refractivity contribution is 9.11. The smallest absolute Gasteiger partial charge is 0.0701 e. The van der Waals surface area contributed by atoms with Crippen LogP contribution in [0.3, 0.4) is 0 Å². The Labute approximate surface area is 104 Å². The van der Waals surface area contributed by atoms with Crippen LogP contribution in [0.4, 0.5) is 0 Å². The lowest BCUT2D eigenvalue weighted by Crippen LogP contribution is -2.29. The van der Waals surface area contributed by atoms with Gasteiger partial charge >= 0.3 is 0 Å². The standard InChI is InChI=1S/C12H18BrNS/c1-9(5-10-3-2-4-10)14-7-11-6-12(13)15-8-11/h6,8-10,14H,2-5,7H2,1H3. The van der Waals surface area contributed by atoms with Crippen LogP contribution in [-0.2, 0) is 6.54 Å². The van der Waals surface area contributed by atoms with Gasteiger partial charge < -0.3 is 5.32 Å². The fraction of sp³-hybridized carbons (Fsp3) is 0.667. The zero-order valence-electron chi connectivity index (χ0n) is 9.13. The van der Waals surface area contributed by atoms with E-state index >= 15 is 0 Å². The Kier molecular flexibility index (Phi) is 4.23. The van der Waals surface area contributed by atoms with Crippen molar-refractivity contribution in [1.29, 1.82) is 0 Å². The maximum absolute atomic E-state index is 3.60. The number of rotatable bonds is 5. The lowest BCUT2D eigenvalue weighted by molar-refractivity contribution is 0.265. The Morgan fingerprint density at radius 3 is 2.93 bits per heavy atom. The quantitative estimate of drug-likeness (QED) is 0.857. The highest BCUT2D eigenvalue weighted by atomic mass is 79.9. The molecule has 1 N–H and O–H groups in total. The van der Waals surface area contributed by atoms with Crippen molar-refractivity contribution in [1.82, 2.24) is 5.32 Å². The molecule has 1 heterocycles. The van der Waals surface area contributed by atoms with E-state index in [4.69, 9.17) is 0 Å². The first-order valence-electron chi connectivity index (χ1n) is 5.70. The van der Waals surface area contributed by atoms with Crippen LogP contribution in [-0.4, -0.2) is 6.04 Å². The Bertz CT molecular complexity index is 306. The van der Waals surface area contributed by atoms with Crippen LogP contribution in [0.5, 0.6) is 0 Å². The molecule has 0 spiro atoms. The minimum absolute atomic E-state index is 0.661. The molecule has 1 unspecified atom stereocenters. The van der Waals surface area contributed by atoms with E-state index in [0.717, 1.165) is 12.5 Å². The summed E-state index contributed by atoms with van der Waals surface area (Å²) >= 11 is 5.25. The largest absolute Gasteiger partial charge is 0.310 e. The maximum Gasteiger partial charge on any atom is 0.0701 e. The zero-order valence-corrected chi connectivity index (χ0v) is 11.5. The van der Waals surface area contributed by atoms with E-state index in [1.807, 2.05) is 0 Å². The SMILES string of the molecule is CC(CC1CCC1)NCc1csc(Br)c1. The lowest BCUT2D eigenvalue weighted by Gasteiger charge is -2.28. The molecule has 1 saturated carbocycles. The van der Waals surface area contributed by atoms with Crippen molar-refractivity contribution in [2.24, 2.45) is 5.92 Å². The molecule has 1 aromatic heterocycles. The van der Waals surface area contributed by atoms with Crippen molar-refractivity contribution in [2.45, 2.75) is 45.2 Å². The Morgan fingerprint density at radius 1 is 1.60 bits per heavy atom. The average Bonchev–Trinajstić information content (AvgIpc) is 2.55. The monoisotopic (exact) mass is 287 g/mol. The highest BCUT2D eigenvalue weighted by Crippen LogP contribution is 2.30. The molecule has 15 heavy (non-hydrogen) atoms.